The minimum atomic E-state index is -0.419. The summed E-state index contributed by atoms with van der Waals surface area (Å²) in [7, 11) is 1.65. The van der Waals surface area contributed by atoms with E-state index < -0.39 is 5.41 Å². The zero-order valence-corrected chi connectivity index (χ0v) is 13.5. The first-order valence-electron chi connectivity index (χ1n) is 6.66. The molecule has 7 heteroatoms. The lowest BCUT2D eigenvalue weighted by Crippen LogP contribution is -2.47. The standard InChI is InChI=1S/C13H21N3O2S.ClH/c1-3-10-8-15-12(19-10)16-11(17)13(9-18-2)4-6-14-7-5-13;/h8,14H,3-7,9H2,1-2H3,(H,15,16,17);1H. The van der Waals surface area contributed by atoms with Crippen LogP contribution in [0.3, 0.4) is 0 Å². The van der Waals surface area contributed by atoms with Gasteiger partial charge < -0.3 is 15.4 Å². The highest BCUT2D eigenvalue weighted by Crippen LogP contribution is 2.31. The van der Waals surface area contributed by atoms with Crippen molar-refractivity contribution in [1.82, 2.24) is 10.3 Å². The van der Waals surface area contributed by atoms with E-state index in [2.05, 4.69) is 22.5 Å². The Morgan fingerprint density at radius 3 is 2.80 bits per heavy atom. The van der Waals surface area contributed by atoms with Gasteiger partial charge in [0, 0.05) is 18.2 Å². The van der Waals surface area contributed by atoms with Crippen molar-refractivity contribution >= 4 is 34.8 Å². The molecular formula is C13H22ClN3O2S. The molecule has 0 aliphatic carbocycles. The lowest BCUT2D eigenvalue weighted by Gasteiger charge is -2.35. The molecular weight excluding hydrogens is 298 g/mol. The summed E-state index contributed by atoms with van der Waals surface area (Å²) in [5, 5.41) is 6.92. The van der Waals surface area contributed by atoms with Crippen LogP contribution in [-0.2, 0) is 16.0 Å². The summed E-state index contributed by atoms with van der Waals surface area (Å²) < 4.78 is 5.26. The van der Waals surface area contributed by atoms with Crippen LogP contribution in [0.5, 0.6) is 0 Å². The number of anilines is 1. The predicted octanol–water partition coefficient (Wildman–Crippen LogP) is 2.08. The highest BCUT2D eigenvalue weighted by Gasteiger charge is 2.39. The molecule has 0 radical (unpaired) electrons. The minimum Gasteiger partial charge on any atom is -0.384 e. The summed E-state index contributed by atoms with van der Waals surface area (Å²) in [4.78, 5) is 17.9. The molecule has 5 nitrogen and oxygen atoms in total. The maximum atomic E-state index is 12.5. The number of ether oxygens (including phenoxy) is 1. The topological polar surface area (TPSA) is 63.2 Å². The van der Waals surface area contributed by atoms with Gasteiger partial charge >= 0.3 is 0 Å². The first-order valence-corrected chi connectivity index (χ1v) is 7.47. The lowest BCUT2D eigenvalue weighted by molar-refractivity contribution is -0.130. The Labute approximate surface area is 129 Å². The van der Waals surface area contributed by atoms with Gasteiger partial charge in [0.15, 0.2) is 5.13 Å². The largest absolute Gasteiger partial charge is 0.384 e. The van der Waals surface area contributed by atoms with E-state index in [0.717, 1.165) is 32.4 Å². The molecule has 0 atom stereocenters. The number of aromatic nitrogens is 1. The zero-order valence-electron chi connectivity index (χ0n) is 11.9. The van der Waals surface area contributed by atoms with Crippen molar-refractivity contribution in [1.29, 1.82) is 0 Å². The second-order valence-corrected chi connectivity index (χ2v) is 6.02. The second-order valence-electron chi connectivity index (χ2n) is 4.90. The van der Waals surface area contributed by atoms with Gasteiger partial charge in [-0.1, -0.05) is 6.92 Å². The molecule has 0 bridgehead atoms. The van der Waals surface area contributed by atoms with Crippen LogP contribution in [0.1, 0.15) is 24.6 Å². The number of methoxy groups -OCH3 is 1. The van der Waals surface area contributed by atoms with Crippen molar-refractivity contribution in [3.63, 3.8) is 0 Å². The van der Waals surface area contributed by atoms with E-state index in [1.807, 2.05) is 6.20 Å². The molecule has 0 saturated carbocycles. The zero-order chi connectivity index (χ0) is 13.7. The first-order chi connectivity index (χ1) is 9.20. The Morgan fingerprint density at radius 2 is 2.25 bits per heavy atom. The summed E-state index contributed by atoms with van der Waals surface area (Å²) in [5.41, 5.74) is -0.419. The number of carbonyl (C=O) groups is 1. The number of nitrogens with zero attached hydrogens (tertiary/aromatic N) is 1. The third-order valence-electron chi connectivity index (χ3n) is 3.59. The highest BCUT2D eigenvalue weighted by atomic mass is 35.5. The highest BCUT2D eigenvalue weighted by molar-refractivity contribution is 7.15. The van der Waals surface area contributed by atoms with E-state index in [1.54, 1.807) is 18.4 Å². The van der Waals surface area contributed by atoms with Gasteiger partial charge in [0.2, 0.25) is 5.91 Å². The van der Waals surface area contributed by atoms with Gasteiger partial charge in [0.1, 0.15) is 0 Å². The smallest absolute Gasteiger partial charge is 0.234 e. The maximum Gasteiger partial charge on any atom is 0.234 e. The van der Waals surface area contributed by atoms with E-state index in [-0.39, 0.29) is 18.3 Å². The van der Waals surface area contributed by atoms with Gasteiger partial charge in [-0.2, -0.15) is 0 Å². The van der Waals surface area contributed by atoms with Crippen molar-refractivity contribution in [3.8, 4) is 0 Å². The number of halogens is 1. The monoisotopic (exact) mass is 319 g/mol. The first kappa shape index (κ1) is 17.4. The van der Waals surface area contributed by atoms with Gasteiger partial charge in [0.05, 0.1) is 12.0 Å². The Hall–Kier alpha value is -0.690. The van der Waals surface area contributed by atoms with Crippen molar-refractivity contribution < 1.29 is 9.53 Å². The average Bonchev–Trinajstić information content (AvgIpc) is 2.88. The SMILES string of the molecule is CCc1cnc(NC(=O)C2(COC)CCNCC2)s1.Cl. The molecule has 2 rings (SSSR count). The van der Waals surface area contributed by atoms with E-state index >= 15 is 0 Å². The number of carbonyl (C=O) groups excluding carboxylic acids is 1. The molecule has 1 aliphatic rings. The average molecular weight is 320 g/mol. The van der Waals surface area contributed by atoms with E-state index in [0.29, 0.717) is 11.7 Å². The molecule has 1 saturated heterocycles. The fourth-order valence-corrected chi connectivity index (χ4v) is 3.12. The normalized spacial score (nSPS) is 17.3. The molecule has 114 valence electrons. The van der Waals surface area contributed by atoms with Crippen LogP contribution < -0.4 is 10.6 Å². The quantitative estimate of drug-likeness (QED) is 0.872. The lowest BCUT2D eigenvalue weighted by atomic mass is 9.79. The molecule has 1 fully saturated rings. The number of rotatable bonds is 5. The number of nitrogens with one attached hydrogen (secondary N) is 2. The van der Waals surface area contributed by atoms with Gasteiger partial charge in [-0.3, -0.25) is 4.79 Å². The second kappa shape index (κ2) is 7.93. The Bertz CT molecular complexity index is 427. The van der Waals surface area contributed by atoms with Gasteiger partial charge in [-0.15, -0.1) is 23.7 Å². The van der Waals surface area contributed by atoms with Crippen molar-refractivity contribution in [2.75, 3.05) is 32.1 Å². The molecule has 20 heavy (non-hydrogen) atoms. The number of piperidine rings is 1. The number of thiazole rings is 1. The molecule has 1 aliphatic heterocycles. The Kier molecular flexibility index (Phi) is 6.88. The minimum absolute atomic E-state index is 0. The van der Waals surface area contributed by atoms with Gasteiger partial charge in [-0.05, 0) is 32.4 Å². The summed E-state index contributed by atoms with van der Waals surface area (Å²) in [5.74, 6) is 0.0350. The summed E-state index contributed by atoms with van der Waals surface area (Å²) in [6.45, 7) is 4.26. The fourth-order valence-electron chi connectivity index (χ4n) is 2.38. The molecule has 1 amide bonds. The van der Waals surface area contributed by atoms with Crippen LogP contribution in [0.15, 0.2) is 6.20 Å². The summed E-state index contributed by atoms with van der Waals surface area (Å²) in [6.07, 6.45) is 4.38. The van der Waals surface area contributed by atoms with E-state index in [9.17, 15) is 4.79 Å². The van der Waals surface area contributed by atoms with Crippen LogP contribution in [0, 0.1) is 5.41 Å². The fraction of sp³-hybridized carbons (Fsp3) is 0.692. The van der Waals surface area contributed by atoms with Gasteiger partial charge in [0.25, 0.3) is 0 Å². The Morgan fingerprint density at radius 1 is 1.55 bits per heavy atom. The third kappa shape index (κ3) is 3.91. The van der Waals surface area contributed by atoms with Crippen LogP contribution in [0.25, 0.3) is 0 Å². The number of hydrogen-bond donors (Lipinski definition) is 2. The van der Waals surface area contributed by atoms with Crippen LogP contribution in [-0.4, -0.2) is 37.7 Å². The molecule has 0 unspecified atom stereocenters. The van der Waals surface area contributed by atoms with Crippen LogP contribution >= 0.6 is 23.7 Å². The van der Waals surface area contributed by atoms with Crippen molar-refractivity contribution in [2.24, 2.45) is 5.41 Å². The molecule has 1 aromatic rings. The molecule has 2 heterocycles. The number of aryl methyl sites for hydroxylation is 1. The summed E-state index contributed by atoms with van der Waals surface area (Å²) in [6, 6.07) is 0. The van der Waals surface area contributed by atoms with Crippen molar-refractivity contribution in [2.45, 2.75) is 26.2 Å². The van der Waals surface area contributed by atoms with Crippen molar-refractivity contribution in [3.05, 3.63) is 11.1 Å². The number of hydrogen-bond acceptors (Lipinski definition) is 5. The third-order valence-corrected chi connectivity index (χ3v) is 4.64. The molecule has 0 spiro atoms. The van der Waals surface area contributed by atoms with Crippen LogP contribution in [0.4, 0.5) is 5.13 Å². The van der Waals surface area contributed by atoms with Crippen LogP contribution in [0.2, 0.25) is 0 Å². The van der Waals surface area contributed by atoms with E-state index in [4.69, 9.17) is 4.74 Å². The van der Waals surface area contributed by atoms with E-state index in [1.165, 1.54) is 4.88 Å². The maximum absolute atomic E-state index is 12.5. The molecule has 0 aromatic carbocycles. The Balaban J connectivity index is 0.00000200. The molecule has 1 aromatic heterocycles. The number of amides is 1. The molecule has 2 N–H and O–H groups in total. The summed E-state index contributed by atoms with van der Waals surface area (Å²) >= 11 is 1.54. The van der Waals surface area contributed by atoms with Gasteiger partial charge in [-0.25, -0.2) is 4.98 Å². The predicted molar refractivity (Wildman–Crippen MR) is 83.8 cm³/mol.